The van der Waals surface area contributed by atoms with E-state index in [9.17, 15) is 4.79 Å². The van der Waals surface area contributed by atoms with Gasteiger partial charge in [-0.2, -0.15) is 4.98 Å². The lowest BCUT2D eigenvalue weighted by Crippen LogP contribution is -2.29. The zero-order chi connectivity index (χ0) is 29.1. The van der Waals surface area contributed by atoms with Crippen molar-refractivity contribution in [2.45, 2.75) is 25.3 Å². The number of rotatable bonds is 8. The molecule has 1 N–H and O–H groups in total. The minimum absolute atomic E-state index is 0.148. The predicted octanol–water partition coefficient (Wildman–Crippen LogP) is 4.42. The van der Waals surface area contributed by atoms with Gasteiger partial charge in [-0.3, -0.25) is 14.3 Å². The molecule has 214 valence electrons. The molecular weight excluding hydrogens is 526 g/mol. The van der Waals surface area contributed by atoms with Crippen LogP contribution >= 0.6 is 0 Å². The molecule has 10 nitrogen and oxygen atoms in total. The maximum atomic E-state index is 13.8. The van der Waals surface area contributed by atoms with Crippen molar-refractivity contribution in [3.05, 3.63) is 89.2 Å². The average molecular weight is 562 g/mol. The normalized spacial score (nSPS) is 14.5. The number of hydrogen-bond acceptors (Lipinski definition) is 9. The minimum Gasteiger partial charge on any atom is -0.324 e. The second kappa shape index (κ2) is 12.1. The molecule has 42 heavy (non-hydrogen) atoms. The molecule has 0 radical (unpaired) electrons. The molecule has 10 heteroatoms. The standard InChI is InChI=1S/C32H35N9O/c1-39(2)16-17-41-30-24(18-27(31(41)42)25-20-34-29(35-21-25)28-6-4-5-13-33-28)19-36-32(38-30)37-26-9-7-22(8-10-26)23-11-14-40(3)15-12-23/h4-10,13,18-21,23H,11-12,14-17H2,1-3H3,(H,36,37,38). The summed E-state index contributed by atoms with van der Waals surface area (Å²) in [6.07, 6.45) is 9.17. The predicted molar refractivity (Wildman–Crippen MR) is 166 cm³/mol. The Morgan fingerprint density at radius 3 is 2.40 bits per heavy atom. The van der Waals surface area contributed by atoms with E-state index in [1.54, 1.807) is 29.4 Å². The van der Waals surface area contributed by atoms with Crippen LogP contribution in [0.4, 0.5) is 11.6 Å². The van der Waals surface area contributed by atoms with Crippen LogP contribution in [-0.4, -0.2) is 80.1 Å². The molecule has 1 aliphatic heterocycles. The lowest BCUT2D eigenvalue weighted by atomic mass is 9.89. The van der Waals surface area contributed by atoms with Gasteiger partial charge >= 0.3 is 0 Å². The zero-order valence-corrected chi connectivity index (χ0v) is 24.2. The van der Waals surface area contributed by atoms with E-state index in [1.165, 1.54) is 18.4 Å². The van der Waals surface area contributed by atoms with E-state index in [4.69, 9.17) is 4.98 Å². The summed E-state index contributed by atoms with van der Waals surface area (Å²) in [5, 5.41) is 4.09. The van der Waals surface area contributed by atoms with Gasteiger partial charge in [-0.15, -0.1) is 0 Å². The van der Waals surface area contributed by atoms with E-state index < -0.39 is 0 Å². The first-order valence-electron chi connectivity index (χ1n) is 14.3. The van der Waals surface area contributed by atoms with Crippen LogP contribution in [0.25, 0.3) is 33.7 Å². The van der Waals surface area contributed by atoms with Crippen LogP contribution < -0.4 is 10.9 Å². The molecule has 6 rings (SSSR count). The van der Waals surface area contributed by atoms with Gasteiger partial charge in [-0.1, -0.05) is 18.2 Å². The molecule has 4 aromatic heterocycles. The molecule has 1 saturated heterocycles. The molecule has 0 aliphatic carbocycles. The zero-order valence-electron chi connectivity index (χ0n) is 24.2. The highest BCUT2D eigenvalue weighted by Crippen LogP contribution is 2.29. The average Bonchev–Trinajstić information content (AvgIpc) is 3.02. The summed E-state index contributed by atoms with van der Waals surface area (Å²) in [4.78, 5) is 40.9. The van der Waals surface area contributed by atoms with Gasteiger partial charge in [0.15, 0.2) is 5.82 Å². The van der Waals surface area contributed by atoms with Crippen molar-refractivity contribution < 1.29 is 0 Å². The van der Waals surface area contributed by atoms with Crippen molar-refractivity contribution in [2.75, 3.05) is 46.1 Å². The van der Waals surface area contributed by atoms with E-state index in [2.05, 4.69) is 61.5 Å². The molecule has 1 aromatic carbocycles. The van der Waals surface area contributed by atoms with Crippen LogP contribution in [0.15, 0.2) is 78.1 Å². The molecular formula is C32H35N9O. The number of aromatic nitrogens is 6. The van der Waals surface area contributed by atoms with Crippen molar-refractivity contribution in [3.63, 3.8) is 0 Å². The number of piperidine rings is 1. The number of likely N-dealkylation sites (tertiary alicyclic amines) is 1. The topological polar surface area (TPSA) is 105 Å². The second-order valence-electron chi connectivity index (χ2n) is 11.1. The van der Waals surface area contributed by atoms with E-state index in [-0.39, 0.29) is 5.56 Å². The number of nitrogens with one attached hydrogen (secondary N) is 1. The van der Waals surface area contributed by atoms with Crippen LogP contribution in [0.3, 0.4) is 0 Å². The van der Waals surface area contributed by atoms with Crippen LogP contribution in [0.2, 0.25) is 0 Å². The number of benzene rings is 1. The van der Waals surface area contributed by atoms with Gasteiger partial charge in [-0.05, 0) is 88.9 Å². The van der Waals surface area contributed by atoms with E-state index in [0.717, 1.165) is 24.2 Å². The maximum absolute atomic E-state index is 13.8. The first-order chi connectivity index (χ1) is 20.4. The Morgan fingerprint density at radius 2 is 1.71 bits per heavy atom. The van der Waals surface area contributed by atoms with Gasteiger partial charge in [0.2, 0.25) is 5.95 Å². The summed E-state index contributed by atoms with van der Waals surface area (Å²) in [5.74, 6) is 1.55. The lowest BCUT2D eigenvalue weighted by Gasteiger charge is -2.29. The third kappa shape index (κ3) is 6.05. The molecule has 0 bridgehead atoms. The summed E-state index contributed by atoms with van der Waals surface area (Å²) >= 11 is 0. The van der Waals surface area contributed by atoms with Crippen LogP contribution in [0, 0.1) is 0 Å². The number of fused-ring (bicyclic) bond motifs is 1. The summed E-state index contributed by atoms with van der Waals surface area (Å²) in [6, 6.07) is 16.0. The van der Waals surface area contributed by atoms with E-state index in [0.29, 0.717) is 53.2 Å². The fourth-order valence-electron chi connectivity index (χ4n) is 5.34. The highest BCUT2D eigenvalue weighted by atomic mass is 16.1. The number of hydrogen-bond donors (Lipinski definition) is 1. The van der Waals surface area contributed by atoms with Crippen LogP contribution in [0.5, 0.6) is 0 Å². The van der Waals surface area contributed by atoms with Gasteiger partial charge in [0.1, 0.15) is 11.3 Å². The largest absolute Gasteiger partial charge is 0.324 e. The molecule has 0 spiro atoms. The SMILES string of the molecule is CN(C)CCn1c(=O)c(-c2cnc(-c3ccccn3)nc2)cc2cnc(Nc3ccc(C4CCN(C)CC4)cc3)nc21. The third-order valence-corrected chi connectivity index (χ3v) is 7.81. The second-order valence-corrected chi connectivity index (χ2v) is 11.1. The fraction of sp³-hybridized carbons (Fsp3) is 0.312. The molecule has 0 saturated carbocycles. The lowest BCUT2D eigenvalue weighted by molar-refractivity contribution is 0.255. The molecule has 1 fully saturated rings. The molecule has 1 aliphatic rings. The third-order valence-electron chi connectivity index (χ3n) is 7.81. The fourth-order valence-corrected chi connectivity index (χ4v) is 5.34. The van der Waals surface area contributed by atoms with Crippen LogP contribution in [0.1, 0.15) is 24.3 Å². The molecule has 5 heterocycles. The van der Waals surface area contributed by atoms with Gasteiger partial charge in [0.05, 0.1) is 5.56 Å². The van der Waals surface area contributed by atoms with E-state index in [1.807, 2.05) is 43.3 Å². The van der Waals surface area contributed by atoms with Crippen molar-refractivity contribution in [3.8, 4) is 22.6 Å². The number of nitrogens with zero attached hydrogens (tertiary/aromatic N) is 8. The Bertz CT molecular complexity index is 1710. The Balaban J connectivity index is 1.30. The van der Waals surface area contributed by atoms with Crippen molar-refractivity contribution >= 4 is 22.7 Å². The van der Waals surface area contributed by atoms with Gasteiger partial charge < -0.3 is 15.1 Å². The molecule has 0 unspecified atom stereocenters. The maximum Gasteiger partial charge on any atom is 0.260 e. The highest BCUT2D eigenvalue weighted by Gasteiger charge is 2.19. The minimum atomic E-state index is -0.148. The van der Waals surface area contributed by atoms with Crippen molar-refractivity contribution in [1.29, 1.82) is 0 Å². The molecule has 5 aromatic rings. The van der Waals surface area contributed by atoms with Gasteiger partial charge in [0.25, 0.3) is 5.56 Å². The quantitative estimate of drug-likeness (QED) is 0.295. The molecule has 0 atom stereocenters. The highest BCUT2D eigenvalue weighted by molar-refractivity contribution is 5.81. The summed E-state index contributed by atoms with van der Waals surface area (Å²) in [7, 11) is 6.15. The Morgan fingerprint density at radius 1 is 0.952 bits per heavy atom. The first-order valence-corrected chi connectivity index (χ1v) is 14.3. The number of anilines is 2. The monoisotopic (exact) mass is 561 g/mol. The van der Waals surface area contributed by atoms with Crippen LogP contribution in [-0.2, 0) is 6.54 Å². The van der Waals surface area contributed by atoms with Crippen molar-refractivity contribution in [1.82, 2.24) is 39.3 Å². The smallest absolute Gasteiger partial charge is 0.260 e. The van der Waals surface area contributed by atoms with E-state index >= 15 is 0 Å². The Hall–Kier alpha value is -4.54. The first kappa shape index (κ1) is 27.6. The summed E-state index contributed by atoms with van der Waals surface area (Å²) < 4.78 is 1.72. The summed E-state index contributed by atoms with van der Waals surface area (Å²) in [5.41, 5.74) is 4.53. The number of likely N-dealkylation sites (N-methyl/N-ethyl adjacent to an activating group) is 1. The Labute approximate surface area is 245 Å². The molecule has 0 amide bonds. The number of pyridine rings is 2. The Kier molecular flexibility index (Phi) is 7.98. The van der Waals surface area contributed by atoms with Crippen molar-refractivity contribution in [2.24, 2.45) is 0 Å². The van der Waals surface area contributed by atoms with Gasteiger partial charge in [-0.25, -0.2) is 15.0 Å². The van der Waals surface area contributed by atoms with Gasteiger partial charge in [0, 0.05) is 54.5 Å². The summed E-state index contributed by atoms with van der Waals surface area (Å²) in [6.45, 7) is 3.43.